The van der Waals surface area contributed by atoms with E-state index >= 15 is 0 Å². The van der Waals surface area contributed by atoms with Crippen LogP contribution < -0.4 is 5.43 Å². The average Bonchev–Trinajstić information content (AvgIpc) is 3.26. The van der Waals surface area contributed by atoms with Gasteiger partial charge in [-0.2, -0.15) is 0 Å². The van der Waals surface area contributed by atoms with Crippen molar-refractivity contribution in [1.82, 2.24) is 15.4 Å². The lowest BCUT2D eigenvalue weighted by Crippen LogP contribution is -2.43. The van der Waals surface area contributed by atoms with Crippen molar-refractivity contribution < 1.29 is 22.7 Å². The highest BCUT2D eigenvalue weighted by molar-refractivity contribution is 7.91. The standard InChI is InChI=1S/C18H14ClN3O5S/c19-11-6-7-14-13(10-11)16(28(25,26)12-4-2-1-3-5-12)15(20-14)17(23)21-22-8-9-27-18(22)24/h1-7,10,20H,8-9H2,(H,21,23). The van der Waals surface area contributed by atoms with E-state index in [1.165, 1.54) is 18.2 Å². The Balaban J connectivity index is 1.88. The Bertz CT molecular complexity index is 1190. The van der Waals surface area contributed by atoms with Gasteiger partial charge in [0.05, 0.1) is 11.4 Å². The first-order valence-corrected chi connectivity index (χ1v) is 10.1. The van der Waals surface area contributed by atoms with E-state index in [2.05, 4.69) is 10.4 Å². The van der Waals surface area contributed by atoms with Crippen LogP contribution in [-0.2, 0) is 14.6 Å². The molecule has 1 aliphatic rings. The molecule has 144 valence electrons. The van der Waals surface area contributed by atoms with Crippen molar-refractivity contribution in [2.45, 2.75) is 9.79 Å². The summed E-state index contributed by atoms with van der Waals surface area (Å²) in [5.74, 6) is -0.777. The SMILES string of the molecule is O=C(NN1CCOC1=O)c1[nH]c2ccc(Cl)cc2c1S(=O)(=O)c1ccccc1. The lowest BCUT2D eigenvalue weighted by Gasteiger charge is -2.14. The second-order valence-electron chi connectivity index (χ2n) is 6.04. The highest BCUT2D eigenvalue weighted by atomic mass is 35.5. The van der Waals surface area contributed by atoms with Crippen LogP contribution in [0.4, 0.5) is 4.79 Å². The van der Waals surface area contributed by atoms with Crippen LogP contribution in [-0.4, -0.2) is 43.6 Å². The van der Waals surface area contributed by atoms with E-state index in [0.29, 0.717) is 10.5 Å². The summed E-state index contributed by atoms with van der Waals surface area (Å²) in [6, 6.07) is 12.4. The first-order valence-electron chi connectivity index (χ1n) is 8.24. The number of benzene rings is 2. The minimum Gasteiger partial charge on any atom is -0.446 e. The number of hydrazine groups is 1. The Morgan fingerprint density at radius 2 is 1.93 bits per heavy atom. The van der Waals surface area contributed by atoms with Gasteiger partial charge in [0, 0.05) is 15.9 Å². The summed E-state index contributed by atoms with van der Waals surface area (Å²) in [5, 5.41) is 1.59. The second-order valence-corrected chi connectivity index (χ2v) is 8.37. The molecule has 2 amide bonds. The molecular weight excluding hydrogens is 406 g/mol. The van der Waals surface area contributed by atoms with Gasteiger partial charge in [-0.1, -0.05) is 29.8 Å². The minimum atomic E-state index is -4.05. The Morgan fingerprint density at radius 3 is 2.61 bits per heavy atom. The molecule has 1 aliphatic heterocycles. The van der Waals surface area contributed by atoms with Gasteiger partial charge in [0.1, 0.15) is 17.2 Å². The number of carbonyl (C=O) groups is 2. The fourth-order valence-corrected chi connectivity index (χ4v) is 4.76. The topological polar surface area (TPSA) is 109 Å². The largest absolute Gasteiger partial charge is 0.446 e. The quantitative estimate of drug-likeness (QED) is 0.675. The van der Waals surface area contributed by atoms with Crippen LogP contribution in [0.15, 0.2) is 58.3 Å². The number of sulfone groups is 1. The van der Waals surface area contributed by atoms with E-state index in [1.54, 1.807) is 30.3 Å². The summed E-state index contributed by atoms with van der Waals surface area (Å²) in [5.41, 5.74) is 2.61. The Morgan fingerprint density at radius 1 is 1.18 bits per heavy atom. The van der Waals surface area contributed by atoms with Gasteiger partial charge in [-0.3, -0.25) is 10.2 Å². The molecule has 2 heterocycles. The third-order valence-electron chi connectivity index (χ3n) is 4.26. The summed E-state index contributed by atoms with van der Waals surface area (Å²) in [6.45, 7) is 0.300. The van der Waals surface area contributed by atoms with Gasteiger partial charge < -0.3 is 9.72 Å². The fraction of sp³-hybridized carbons (Fsp3) is 0.111. The molecule has 8 nitrogen and oxygen atoms in total. The molecular formula is C18H14ClN3O5S. The summed E-state index contributed by atoms with van der Waals surface area (Å²) >= 11 is 6.05. The molecule has 0 saturated carbocycles. The zero-order chi connectivity index (χ0) is 19.9. The third kappa shape index (κ3) is 3.08. The predicted molar refractivity (Wildman–Crippen MR) is 101 cm³/mol. The average molecular weight is 420 g/mol. The van der Waals surface area contributed by atoms with E-state index in [-0.39, 0.29) is 34.0 Å². The van der Waals surface area contributed by atoms with E-state index < -0.39 is 21.8 Å². The van der Waals surface area contributed by atoms with Crippen molar-refractivity contribution in [2.24, 2.45) is 0 Å². The minimum absolute atomic E-state index is 0.0329. The maximum absolute atomic E-state index is 13.3. The smallest absolute Gasteiger partial charge is 0.428 e. The number of aromatic amines is 1. The number of hydrogen-bond acceptors (Lipinski definition) is 5. The van der Waals surface area contributed by atoms with Crippen molar-refractivity contribution in [3.05, 3.63) is 59.2 Å². The van der Waals surface area contributed by atoms with E-state index in [4.69, 9.17) is 16.3 Å². The predicted octanol–water partition coefficient (Wildman–Crippen LogP) is 2.75. The number of halogens is 1. The molecule has 0 aliphatic carbocycles. The summed E-state index contributed by atoms with van der Waals surface area (Å²) < 4.78 is 31.4. The molecule has 0 atom stereocenters. The molecule has 1 aromatic heterocycles. The molecule has 0 spiro atoms. The van der Waals surface area contributed by atoms with Crippen LogP contribution >= 0.6 is 11.6 Å². The number of rotatable bonds is 4. The number of hydrogen-bond donors (Lipinski definition) is 2. The Hall–Kier alpha value is -3.04. The van der Waals surface area contributed by atoms with Crippen molar-refractivity contribution in [1.29, 1.82) is 0 Å². The van der Waals surface area contributed by atoms with Gasteiger partial charge in [0.25, 0.3) is 5.91 Å². The second kappa shape index (κ2) is 6.84. The number of nitrogens with zero attached hydrogens (tertiary/aromatic N) is 1. The fourth-order valence-electron chi connectivity index (χ4n) is 2.97. The molecule has 1 saturated heterocycles. The third-order valence-corrected chi connectivity index (χ3v) is 6.35. The van der Waals surface area contributed by atoms with Crippen molar-refractivity contribution in [3.63, 3.8) is 0 Å². The molecule has 0 radical (unpaired) electrons. The number of H-pyrrole nitrogens is 1. The molecule has 28 heavy (non-hydrogen) atoms. The molecule has 2 N–H and O–H groups in total. The summed E-state index contributed by atoms with van der Waals surface area (Å²) in [6.07, 6.45) is -0.708. The highest BCUT2D eigenvalue weighted by Crippen LogP contribution is 2.33. The van der Waals surface area contributed by atoms with Gasteiger partial charge in [-0.25, -0.2) is 18.2 Å². The van der Waals surface area contributed by atoms with Gasteiger partial charge >= 0.3 is 6.09 Å². The molecule has 0 unspecified atom stereocenters. The monoisotopic (exact) mass is 419 g/mol. The lowest BCUT2D eigenvalue weighted by molar-refractivity contribution is 0.0824. The van der Waals surface area contributed by atoms with E-state index in [0.717, 1.165) is 5.01 Å². The maximum Gasteiger partial charge on any atom is 0.428 e. The summed E-state index contributed by atoms with van der Waals surface area (Å²) in [4.78, 5) is 27.1. The maximum atomic E-state index is 13.3. The molecule has 0 bridgehead atoms. The molecule has 1 fully saturated rings. The van der Waals surface area contributed by atoms with E-state index in [9.17, 15) is 18.0 Å². The molecule has 4 rings (SSSR count). The van der Waals surface area contributed by atoms with Gasteiger partial charge in [0.15, 0.2) is 0 Å². The number of cyclic esters (lactones) is 1. The van der Waals surface area contributed by atoms with Crippen molar-refractivity contribution >= 4 is 44.3 Å². The van der Waals surface area contributed by atoms with Crippen LogP contribution in [0, 0.1) is 0 Å². The van der Waals surface area contributed by atoms with Gasteiger partial charge in [-0.05, 0) is 30.3 Å². The molecule has 10 heteroatoms. The first kappa shape index (κ1) is 18.3. The first-order chi connectivity index (χ1) is 13.4. The zero-order valence-electron chi connectivity index (χ0n) is 14.3. The van der Waals surface area contributed by atoms with Crippen molar-refractivity contribution in [3.8, 4) is 0 Å². The zero-order valence-corrected chi connectivity index (χ0v) is 15.9. The number of aromatic nitrogens is 1. The lowest BCUT2D eigenvalue weighted by atomic mass is 10.2. The van der Waals surface area contributed by atoms with Gasteiger partial charge in [0.2, 0.25) is 9.84 Å². The van der Waals surface area contributed by atoms with Crippen molar-refractivity contribution in [2.75, 3.05) is 13.2 Å². The normalized spacial score (nSPS) is 14.3. The highest BCUT2D eigenvalue weighted by Gasteiger charge is 2.32. The number of carbonyl (C=O) groups excluding carboxylic acids is 2. The molecule has 2 aromatic carbocycles. The van der Waals surface area contributed by atoms with Gasteiger partial charge in [-0.15, -0.1) is 0 Å². The number of fused-ring (bicyclic) bond motifs is 1. The van der Waals surface area contributed by atoms with Crippen LogP contribution in [0.3, 0.4) is 0 Å². The number of ether oxygens (including phenoxy) is 1. The van der Waals surface area contributed by atoms with Crippen LogP contribution in [0.2, 0.25) is 5.02 Å². The van der Waals surface area contributed by atoms with E-state index in [1.807, 2.05) is 0 Å². The van der Waals surface area contributed by atoms with Crippen LogP contribution in [0.25, 0.3) is 10.9 Å². The van der Waals surface area contributed by atoms with Crippen LogP contribution in [0.1, 0.15) is 10.5 Å². The number of amides is 2. The van der Waals surface area contributed by atoms with Crippen LogP contribution in [0.5, 0.6) is 0 Å². The Kier molecular flexibility index (Phi) is 4.48. The molecule has 3 aromatic rings. The number of nitrogens with one attached hydrogen (secondary N) is 2. The Labute approximate surface area is 164 Å². The summed E-state index contributed by atoms with van der Waals surface area (Å²) in [7, 11) is -4.05.